The molecule has 4 amide bonds. The SMILES string of the molecule is COc1ccc(Oc2ccc(-c3nn(C4CCN(C5CCN(C6CN(c7ccc8c(c7)C(=O)N(C7CCC(=O)NC7=O)C8=O)C6)CC5)CC4)c4ncnc(N)c34)cc2)cc1. The van der Waals surface area contributed by atoms with Gasteiger partial charge >= 0.3 is 0 Å². The van der Waals surface area contributed by atoms with E-state index in [9.17, 15) is 19.2 Å². The van der Waals surface area contributed by atoms with Crippen LogP contribution in [0.25, 0.3) is 22.3 Å². The molecule has 3 N–H and O–H groups in total. The summed E-state index contributed by atoms with van der Waals surface area (Å²) in [5, 5.41) is 8.15. The van der Waals surface area contributed by atoms with E-state index in [0.29, 0.717) is 34.8 Å². The van der Waals surface area contributed by atoms with Gasteiger partial charge in [-0.25, -0.2) is 14.6 Å². The van der Waals surface area contributed by atoms with Crippen molar-refractivity contribution in [1.29, 1.82) is 0 Å². The number of rotatable bonds is 9. The van der Waals surface area contributed by atoms with Crippen molar-refractivity contribution in [2.45, 2.75) is 62.7 Å². The number of anilines is 2. The first-order chi connectivity index (χ1) is 29.2. The first-order valence-electron chi connectivity index (χ1n) is 20.7. The summed E-state index contributed by atoms with van der Waals surface area (Å²) in [5.74, 6) is 0.662. The minimum atomic E-state index is -0.968. The Hall–Kier alpha value is -6.39. The van der Waals surface area contributed by atoms with Crippen LogP contribution in [0.15, 0.2) is 73.1 Å². The molecule has 4 fully saturated rings. The van der Waals surface area contributed by atoms with Gasteiger partial charge < -0.3 is 25.0 Å². The molecule has 60 heavy (non-hydrogen) atoms. The maximum atomic E-state index is 13.4. The van der Waals surface area contributed by atoms with Crippen LogP contribution in [-0.4, -0.2) is 123 Å². The molecule has 7 heterocycles. The van der Waals surface area contributed by atoms with Crippen molar-refractivity contribution in [3.63, 3.8) is 0 Å². The predicted octanol–water partition coefficient (Wildman–Crippen LogP) is 4.27. The Morgan fingerprint density at radius 3 is 2.03 bits per heavy atom. The molecular formula is C44H46N10O6. The van der Waals surface area contributed by atoms with Crippen LogP contribution in [0.5, 0.6) is 17.2 Å². The number of nitrogens with one attached hydrogen (secondary N) is 1. The molecule has 0 aliphatic carbocycles. The third-order valence-electron chi connectivity index (χ3n) is 13.0. The Balaban J connectivity index is 0.729. The summed E-state index contributed by atoms with van der Waals surface area (Å²) < 4.78 is 13.4. The zero-order chi connectivity index (χ0) is 41.1. The first kappa shape index (κ1) is 37.9. The van der Waals surface area contributed by atoms with Gasteiger partial charge in [-0.3, -0.25) is 34.3 Å². The van der Waals surface area contributed by atoms with Crippen LogP contribution in [0.4, 0.5) is 11.5 Å². The highest BCUT2D eigenvalue weighted by Gasteiger charge is 2.45. The minimum Gasteiger partial charge on any atom is -0.497 e. The molecule has 5 aliphatic heterocycles. The zero-order valence-corrected chi connectivity index (χ0v) is 33.3. The summed E-state index contributed by atoms with van der Waals surface area (Å²) in [7, 11) is 1.64. The molecule has 5 aliphatic rings. The molecule has 0 bridgehead atoms. The number of nitrogens with zero attached hydrogens (tertiary/aromatic N) is 8. The van der Waals surface area contributed by atoms with Crippen LogP contribution in [0, 0.1) is 0 Å². The van der Waals surface area contributed by atoms with Gasteiger partial charge in [-0.15, -0.1) is 0 Å². The van der Waals surface area contributed by atoms with E-state index in [1.54, 1.807) is 19.2 Å². The molecule has 10 rings (SSSR count). The lowest BCUT2D eigenvalue weighted by Crippen LogP contribution is -2.62. The highest BCUT2D eigenvalue weighted by atomic mass is 16.5. The molecule has 16 heteroatoms. The number of carbonyl (C=O) groups excluding carboxylic acids is 4. The van der Waals surface area contributed by atoms with E-state index >= 15 is 0 Å². The number of fused-ring (bicyclic) bond motifs is 2. The standard InChI is InChI=1S/C44H46N10O6/c1-59-31-7-9-33(10-8-31)60-32-5-2-26(3-6-32)39-38-40(45)46-25-47-41(38)54(49-39)28-16-20-50(21-17-28)27-14-18-51(19-15-27)30-23-52(24-30)29-4-11-34-35(22-29)44(58)53(43(34)57)36-12-13-37(55)48-42(36)56/h2-11,22,25,27-28,30,36H,12-21,23-24H2,1H3,(H2,45,46,47)(H,48,55,56). The van der Waals surface area contributed by atoms with Crippen LogP contribution in [0.3, 0.4) is 0 Å². The number of methoxy groups -OCH3 is 1. The van der Waals surface area contributed by atoms with Crippen molar-refractivity contribution in [2.24, 2.45) is 0 Å². The number of nitrogen functional groups attached to an aromatic ring is 1. The number of nitrogens with two attached hydrogens (primary N) is 1. The largest absolute Gasteiger partial charge is 0.497 e. The Morgan fingerprint density at radius 1 is 0.717 bits per heavy atom. The topological polar surface area (TPSA) is 181 Å². The van der Waals surface area contributed by atoms with Gasteiger partial charge in [0.25, 0.3) is 11.8 Å². The second kappa shape index (κ2) is 15.3. The zero-order valence-electron chi connectivity index (χ0n) is 33.3. The smallest absolute Gasteiger partial charge is 0.262 e. The third-order valence-corrected chi connectivity index (χ3v) is 13.0. The summed E-state index contributed by atoms with van der Waals surface area (Å²) in [6, 6.07) is 20.9. The Morgan fingerprint density at radius 2 is 1.35 bits per heavy atom. The lowest BCUT2D eigenvalue weighted by atomic mass is 9.95. The molecule has 1 unspecified atom stereocenters. The van der Waals surface area contributed by atoms with Crippen LogP contribution in [-0.2, 0) is 9.59 Å². The summed E-state index contributed by atoms with van der Waals surface area (Å²) in [5.41, 5.74) is 10.4. The maximum Gasteiger partial charge on any atom is 0.262 e. The van der Waals surface area contributed by atoms with Crippen LogP contribution in [0.2, 0.25) is 0 Å². The number of ether oxygens (including phenoxy) is 2. The van der Waals surface area contributed by atoms with Gasteiger partial charge in [0.2, 0.25) is 11.8 Å². The predicted molar refractivity (Wildman–Crippen MR) is 222 cm³/mol. The molecular weight excluding hydrogens is 765 g/mol. The lowest BCUT2D eigenvalue weighted by Gasteiger charge is -2.50. The van der Waals surface area contributed by atoms with Gasteiger partial charge in [-0.1, -0.05) is 0 Å². The fraction of sp³-hybridized carbons (Fsp3) is 0.386. The van der Waals surface area contributed by atoms with Crippen molar-refractivity contribution in [2.75, 3.05) is 57.0 Å². The summed E-state index contributed by atoms with van der Waals surface area (Å²) in [4.78, 5) is 68.1. The minimum absolute atomic E-state index is 0.0962. The van der Waals surface area contributed by atoms with Crippen LogP contribution < -0.4 is 25.4 Å². The third kappa shape index (κ3) is 6.78. The van der Waals surface area contributed by atoms with E-state index in [0.717, 1.165) is 109 Å². The molecule has 5 aromatic rings. The number of piperidine rings is 3. The summed E-state index contributed by atoms with van der Waals surface area (Å²) in [6.07, 6.45) is 5.91. The maximum absolute atomic E-state index is 13.4. The molecule has 3 aromatic carbocycles. The molecule has 2 aromatic heterocycles. The van der Waals surface area contributed by atoms with E-state index in [1.807, 2.05) is 54.6 Å². The first-order valence-corrected chi connectivity index (χ1v) is 20.7. The number of benzene rings is 3. The average Bonchev–Trinajstić information content (AvgIpc) is 3.76. The molecule has 0 radical (unpaired) electrons. The summed E-state index contributed by atoms with van der Waals surface area (Å²) in [6.45, 7) is 5.75. The molecule has 0 saturated carbocycles. The van der Waals surface area contributed by atoms with Crippen molar-refractivity contribution in [1.82, 2.24) is 39.8 Å². The number of likely N-dealkylation sites (tertiary alicyclic amines) is 2. The van der Waals surface area contributed by atoms with Crippen molar-refractivity contribution < 1.29 is 28.7 Å². The number of carbonyl (C=O) groups is 4. The fourth-order valence-electron chi connectivity index (χ4n) is 9.58. The highest BCUT2D eigenvalue weighted by molar-refractivity contribution is 6.23. The van der Waals surface area contributed by atoms with Gasteiger partial charge in [-0.2, -0.15) is 5.10 Å². The molecule has 16 nitrogen and oxygen atoms in total. The molecule has 308 valence electrons. The number of hydrogen-bond acceptors (Lipinski definition) is 13. The van der Waals surface area contributed by atoms with Gasteiger partial charge in [-0.05, 0) is 98.8 Å². The fourth-order valence-corrected chi connectivity index (χ4v) is 9.58. The Labute approximate surface area is 346 Å². The number of imide groups is 2. The molecule has 0 spiro atoms. The second-order valence-corrected chi connectivity index (χ2v) is 16.3. The van der Waals surface area contributed by atoms with E-state index in [2.05, 4.69) is 34.7 Å². The lowest BCUT2D eigenvalue weighted by molar-refractivity contribution is -0.136. The van der Waals surface area contributed by atoms with Gasteiger partial charge in [0.15, 0.2) is 5.65 Å². The van der Waals surface area contributed by atoms with Crippen molar-refractivity contribution in [3.8, 4) is 28.5 Å². The summed E-state index contributed by atoms with van der Waals surface area (Å²) >= 11 is 0. The van der Waals surface area contributed by atoms with Gasteiger partial charge in [0.1, 0.15) is 41.1 Å². The quantitative estimate of drug-likeness (QED) is 0.202. The number of aromatic nitrogens is 4. The Kier molecular flexibility index (Phi) is 9.67. The average molecular weight is 811 g/mol. The van der Waals surface area contributed by atoms with Gasteiger partial charge in [0, 0.05) is 69.0 Å². The number of hydrogen-bond donors (Lipinski definition) is 2. The number of amides is 4. The van der Waals surface area contributed by atoms with E-state index in [1.165, 1.54) is 6.33 Å². The van der Waals surface area contributed by atoms with E-state index < -0.39 is 23.8 Å². The van der Waals surface area contributed by atoms with Gasteiger partial charge in [0.05, 0.1) is 29.7 Å². The van der Waals surface area contributed by atoms with E-state index in [4.69, 9.17) is 20.3 Å². The van der Waals surface area contributed by atoms with E-state index in [-0.39, 0.29) is 24.8 Å². The van der Waals surface area contributed by atoms with Crippen molar-refractivity contribution in [3.05, 3.63) is 84.2 Å². The second-order valence-electron chi connectivity index (χ2n) is 16.3. The van der Waals surface area contributed by atoms with Crippen LogP contribution >= 0.6 is 0 Å². The van der Waals surface area contributed by atoms with Crippen LogP contribution in [0.1, 0.15) is 65.3 Å². The molecule has 1 atom stereocenters. The normalized spacial score (nSPS) is 21.1. The highest BCUT2D eigenvalue weighted by Crippen LogP contribution is 2.37. The molecule has 4 saturated heterocycles. The van der Waals surface area contributed by atoms with Crippen molar-refractivity contribution >= 4 is 46.2 Å². The monoisotopic (exact) mass is 810 g/mol. The Bertz CT molecular complexity index is 2490.